The minimum Gasteiger partial charge on any atom is -0.482 e. The van der Waals surface area contributed by atoms with E-state index < -0.39 is 5.91 Å². The van der Waals surface area contributed by atoms with E-state index in [1.165, 1.54) is 6.07 Å². The van der Waals surface area contributed by atoms with Gasteiger partial charge in [0, 0.05) is 5.02 Å². The van der Waals surface area contributed by atoms with Crippen LogP contribution in [0.4, 0.5) is 0 Å². The van der Waals surface area contributed by atoms with Crippen LogP contribution >= 0.6 is 35.4 Å². The molecule has 26 heavy (non-hydrogen) atoms. The SMILES string of the molecule is O=C(Cc1ccccc1)NNC(=S)NC(=O)COc1ccc(Cl)cc1Cl. The molecule has 6 nitrogen and oxygen atoms in total. The number of ether oxygens (including phenoxy) is 1. The van der Waals surface area contributed by atoms with Crippen molar-refractivity contribution < 1.29 is 14.3 Å². The minimum atomic E-state index is -0.508. The number of hydrazine groups is 1. The summed E-state index contributed by atoms with van der Waals surface area (Å²) in [4.78, 5) is 23.6. The highest BCUT2D eigenvalue weighted by Crippen LogP contribution is 2.27. The van der Waals surface area contributed by atoms with Crippen LogP contribution in [0.3, 0.4) is 0 Å². The lowest BCUT2D eigenvalue weighted by Gasteiger charge is -2.12. The molecule has 0 atom stereocenters. The van der Waals surface area contributed by atoms with Gasteiger partial charge in [0.15, 0.2) is 11.7 Å². The van der Waals surface area contributed by atoms with E-state index in [-0.39, 0.29) is 24.0 Å². The largest absolute Gasteiger partial charge is 0.482 e. The van der Waals surface area contributed by atoms with Crippen LogP contribution < -0.4 is 20.9 Å². The molecule has 9 heteroatoms. The van der Waals surface area contributed by atoms with Crippen molar-refractivity contribution in [3.63, 3.8) is 0 Å². The van der Waals surface area contributed by atoms with Crippen LogP contribution in [-0.4, -0.2) is 23.5 Å². The predicted octanol–water partition coefficient (Wildman–Crippen LogP) is 2.64. The topological polar surface area (TPSA) is 79.5 Å². The second-order valence-electron chi connectivity index (χ2n) is 5.08. The molecule has 136 valence electrons. The Morgan fingerprint density at radius 3 is 2.42 bits per heavy atom. The third kappa shape index (κ3) is 6.87. The zero-order chi connectivity index (χ0) is 18.9. The van der Waals surface area contributed by atoms with Crippen LogP contribution in [0.25, 0.3) is 0 Å². The molecule has 2 aromatic carbocycles. The molecule has 0 aliphatic heterocycles. The van der Waals surface area contributed by atoms with Gasteiger partial charge in [-0.05, 0) is 36.0 Å². The standard InChI is InChI=1S/C17H15Cl2N3O3S/c18-12-6-7-14(13(19)9-12)25-10-16(24)20-17(26)22-21-15(23)8-11-4-2-1-3-5-11/h1-7,9H,8,10H2,(H,21,23)(H2,20,22,24,26). The summed E-state index contributed by atoms with van der Waals surface area (Å²) in [5, 5.41) is 3.07. The first kappa shape index (κ1) is 20.0. The Labute approximate surface area is 165 Å². The third-order valence-electron chi connectivity index (χ3n) is 3.03. The van der Waals surface area contributed by atoms with E-state index in [1.54, 1.807) is 12.1 Å². The van der Waals surface area contributed by atoms with Crippen LogP contribution in [0.5, 0.6) is 5.75 Å². The molecule has 3 N–H and O–H groups in total. The quantitative estimate of drug-likeness (QED) is 0.520. The number of amides is 2. The Morgan fingerprint density at radius 1 is 1.00 bits per heavy atom. The van der Waals surface area contributed by atoms with Gasteiger partial charge in [-0.25, -0.2) is 0 Å². The van der Waals surface area contributed by atoms with Gasteiger partial charge in [-0.2, -0.15) is 0 Å². The summed E-state index contributed by atoms with van der Waals surface area (Å²) in [6.45, 7) is -0.304. The van der Waals surface area contributed by atoms with E-state index >= 15 is 0 Å². The lowest BCUT2D eigenvalue weighted by Crippen LogP contribution is -2.49. The maximum Gasteiger partial charge on any atom is 0.264 e. The van der Waals surface area contributed by atoms with E-state index in [4.69, 9.17) is 40.2 Å². The highest BCUT2D eigenvalue weighted by molar-refractivity contribution is 7.80. The van der Waals surface area contributed by atoms with E-state index in [2.05, 4.69) is 16.2 Å². The molecule has 0 fully saturated rings. The predicted molar refractivity (Wildman–Crippen MR) is 104 cm³/mol. The lowest BCUT2D eigenvalue weighted by atomic mass is 10.1. The van der Waals surface area contributed by atoms with Gasteiger partial charge < -0.3 is 4.74 Å². The molecule has 0 aliphatic rings. The highest BCUT2D eigenvalue weighted by Gasteiger charge is 2.09. The number of rotatable bonds is 5. The molecule has 0 aromatic heterocycles. The lowest BCUT2D eigenvalue weighted by molar-refractivity contribution is -0.122. The Kier molecular flexibility index (Phi) is 7.65. The van der Waals surface area contributed by atoms with Gasteiger partial charge in [-0.1, -0.05) is 53.5 Å². The van der Waals surface area contributed by atoms with Crippen LogP contribution in [0.15, 0.2) is 48.5 Å². The summed E-state index contributed by atoms with van der Waals surface area (Å²) in [6.07, 6.45) is 0.183. The number of hydrogen-bond donors (Lipinski definition) is 3. The summed E-state index contributed by atoms with van der Waals surface area (Å²) < 4.78 is 5.28. The highest BCUT2D eigenvalue weighted by atomic mass is 35.5. The van der Waals surface area contributed by atoms with Crippen molar-refractivity contribution in [3.05, 3.63) is 64.1 Å². The fraction of sp³-hybridized carbons (Fsp3) is 0.118. The fourth-order valence-corrected chi connectivity index (χ4v) is 2.51. The van der Waals surface area contributed by atoms with E-state index in [9.17, 15) is 9.59 Å². The molecule has 0 saturated carbocycles. The van der Waals surface area contributed by atoms with Crippen LogP contribution in [0.1, 0.15) is 5.56 Å². The van der Waals surface area contributed by atoms with Crippen molar-refractivity contribution in [1.29, 1.82) is 0 Å². The van der Waals surface area contributed by atoms with Crippen LogP contribution in [0.2, 0.25) is 10.0 Å². The summed E-state index contributed by atoms with van der Waals surface area (Å²) in [7, 11) is 0. The zero-order valence-electron chi connectivity index (χ0n) is 13.4. The van der Waals surface area contributed by atoms with Crippen LogP contribution in [-0.2, 0) is 16.0 Å². The molecule has 0 aliphatic carbocycles. The van der Waals surface area contributed by atoms with Gasteiger partial charge in [-0.3, -0.25) is 25.8 Å². The summed E-state index contributed by atoms with van der Waals surface area (Å²) in [6, 6.07) is 13.9. The Bertz CT molecular complexity index is 803. The van der Waals surface area contributed by atoms with Gasteiger partial charge in [-0.15, -0.1) is 0 Å². The number of carbonyl (C=O) groups is 2. The zero-order valence-corrected chi connectivity index (χ0v) is 15.8. The third-order valence-corrected chi connectivity index (χ3v) is 3.76. The fourth-order valence-electron chi connectivity index (χ4n) is 1.88. The number of halogens is 2. The Balaban J connectivity index is 1.70. The number of thiocarbonyl (C=S) groups is 1. The first-order valence-electron chi connectivity index (χ1n) is 7.44. The van der Waals surface area contributed by atoms with Crippen molar-refractivity contribution in [2.75, 3.05) is 6.61 Å². The number of carbonyl (C=O) groups excluding carboxylic acids is 2. The number of hydrogen-bond acceptors (Lipinski definition) is 4. The van der Waals surface area contributed by atoms with Crippen molar-refractivity contribution >= 4 is 52.3 Å². The number of benzene rings is 2. The van der Waals surface area contributed by atoms with E-state index in [1.807, 2.05) is 30.3 Å². The van der Waals surface area contributed by atoms with Gasteiger partial charge >= 0.3 is 0 Å². The Morgan fingerprint density at radius 2 is 1.73 bits per heavy atom. The van der Waals surface area contributed by atoms with Crippen molar-refractivity contribution in [2.45, 2.75) is 6.42 Å². The normalized spacial score (nSPS) is 9.92. The maximum atomic E-state index is 11.8. The maximum absolute atomic E-state index is 11.8. The molecule has 0 bridgehead atoms. The van der Waals surface area contributed by atoms with E-state index in [0.717, 1.165) is 5.56 Å². The summed E-state index contributed by atoms with van der Waals surface area (Å²) >= 11 is 16.7. The average Bonchev–Trinajstić information content (AvgIpc) is 2.60. The number of nitrogens with one attached hydrogen (secondary N) is 3. The molecule has 0 radical (unpaired) electrons. The van der Waals surface area contributed by atoms with Gasteiger partial charge in [0.05, 0.1) is 11.4 Å². The summed E-state index contributed by atoms with van der Waals surface area (Å²) in [5.74, 6) is -0.482. The molecule has 2 aromatic rings. The molecule has 0 heterocycles. The van der Waals surface area contributed by atoms with E-state index in [0.29, 0.717) is 15.8 Å². The molecular weight excluding hydrogens is 397 g/mol. The molecule has 2 rings (SSSR count). The van der Waals surface area contributed by atoms with Crippen molar-refractivity contribution in [3.8, 4) is 5.75 Å². The van der Waals surface area contributed by atoms with Gasteiger partial charge in [0.2, 0.25) is 5.91 Å². The first-order valence-corrected chi connectivity index (χ1v) is 8.61. The van der Waals surface area contributed by atoms with Gasteiger partial charge in [0.1, 0.15) is 5.75 Å². The Hall–Kier alpha value is -2.35. The van der Waals surface area contributed by atoms with Gasteiger partial charge in [0.25, 0.3) is 5.91 Å². The second kappa shape index (κ2) is 9.96. The van der Waals surface area contributed by atoms with Crippen LogP contribution in [0, 0.1) is 0 Å². The molecule has 0 saturated heterocycles. The first-order chi connectivity index (χ1) is 12.4. The summed E-state index contributed by atoms with van der Waals surface area (Å²) in [5.41, 5.74) is 5.71. The molecular formula is C17H15Cl2N3O3S. The second-order valence-corrected chi connectivity index (χ2v) is 6.33. The monoisotopic (exact) mass is 411 g/mol. The molecule has 0 spiro atoms. The van der Waals surface area contributed by atoms with Crippen molar-refractivity contribution in [1.82, 2.24) is 16.2 Å². The average molecular weight is 412 g/mol. The minimum absolute atomic E-state index is 0.0535. The smallest absolute Gasteiger partial charge is 0.264 e. The molecule has 2 amide bonds. The van der Waals surface area contributed by atoms with Crippen molar-refractivity contribution in [2.24, 2.45) is 0 Å². The molecule has 0 unspecified atom stereocenters.